The highest BCUT2D eigenvalue weighted by atomic mass is 32.2. The van der Waals surface area contributed by atoms with E-state index < -0.39 is 45.5 Å². The minimum absolute atomic E-state index is 0.00741. The number of benzene rings is 2. The molecule has 1 aromatic heterocycles. The number of esters is 1. The molecule has 12 heteroatoms. The van der Waals surface area contributed by atoms with Crippen molar-refractivity contribution in [1.82, 2.24) is 9.78 Å². The van der Waals surface area contributed by atoms with E-state index >= 15 is 0 Å². The lowest BCUT2D eigenvalue weighted by atomic mass is 10.1. The lowest BCUT2D eigenvalue weighted by Gasteiger charge is -2.22. The van der Waals surface area contributed by atoms with Gasteiger partial charge in [0.2, 0.25) is 18.5 Å². The van der Waals surface area contributed by atoms with Gasteiger partial charge in [0.15, 0.2) is 34.8 Å². The van der Waals surface area contributed by atoms with E-state index in [0.29, 0.717) is 11.5 Å². The summed E-state index contributed by atoms with van der Waals surface area (Å²) >= 11 is 0.223. The van der Waals surface area contributed by atoms with Crippen molar-refractivity contribution >= 4 is 17.7 Å². The summed E-state index contributed by atoms with van der Waals surface area (Å²) in [6.07, 6.45) is 0. The summed E-state index contributed by atoms with van der Waals surface area (Å²) < 4.78 is 86.9. The van der Waals surface area contributed by atoms with E-state index in [9.17, 15) is 26.7 Å². The van der Waals surface area contributed by atoms with E-state index in [0.717, 1.165) is 0 Å². The maximum absolute atomic E-state index is 14.3. The van der Waals surface area contributed by atoms with Gasteiger partial charge in [-0.25, -0.2) is 31.4 Å². The van der Waals surface area contributed by atoms with E-state index in [-0.39, 0.29) is 40.6 Å². The van der Waals surface area contributed by atoms with Crippen LogP contribution in [0.3, 0.4) is 0 Å². The smallest absolute Gasteiger partial charge is 0.345 e. The topological polar surface area (TPSA) is 62.6 Å². The van der Waals surface area contributed by atoms with Gasteiger partial charge in [-0.05, 0) is 45.9 Å². The van der Waals surface area contributed by atoms with Crippen LogP contribution in [-0.4, -0.2) is 22.5 Å². The molecule has 0 N–H and O–H groups in total. The summed E-state index contributed by atoms with van der Waals surface area (Å²) in [5.41, 5.74) is -0.544. The molecule has 1 aliphatic rings. The molecule has 4 rings (SSSR count). The molecule has 2 heterocycles. The molecular formula is C22H17F5N2O4S. The molecule has 0 fully saturated rings. The number of hydrogen-bond acceptors (Lipinski definition) is 6. The van der Waals surface area contributed by atoms with Crippen molar-refractivity contribution in [2.75, 3.05) is 6.79 Å². The Labute approximate surface area is 194 Å². The van der Waals surface area contributed by atoms with Crippen LogP contribution in [0, 0.1) is 36.0 Å². The van der Waals surface area contributed by atoms with E-state index in [1.807, 2.05) is 0 Å². The Balaban J connectivity index is 1.78. The molecule has 0 saturated heterocycles. The SMILES string of the molecule is Cc1nn(C(C)(C)C)c(OC(=O)c2ccc3c(c2)OCO3)c1Sc1c(F)c(F)c(F)c(F)c1F. The van der Waals surface area contributed by atoms with Crippen molar-refractivity contribution < 1.29 is 41.0 Å². The van der Waals surface area contributed by atoms with Crippen LogP contribution in [0.25, 0.3) is 0 Å². The first-order valence-corrected chi connectivity index (χ1v) is 10.6. The van der Waals surface area contributed by atoms with E-state index in [4.69, 9.17) is 14.2 Å². The number of rotatable bonds is 4. The van der Waals surface area contributed by atoms with Gasteiger partial charge in [0.05, 0.1) is 26.6 Å². The number of ether oxygens (including phenoxy) is 3. The molecule has 2 aromatic carbocycles. The Bertz CT molecular complexity index is 1290. The third kappa shape index (κ3) is 4.06. The van der Waals surface area contributed by atoms with Gasteiger partial charge >= 0.3 is 5.97 Å². The number of carbonyl (C=O) groups is 1. The van der Waals surface area contributed by atoms with Crippen molar-refractivity contribution in [2.45, 2.75) is 43.0 Å². The van der Waals surface area contributed by atoms with E-state index in [1.54, 1.807) is 20.8 Å². The molecule has 0 spiro atoms. The average molecular weight is 500 g/mol. The summed E-state index contributed by atoms with van der Waals surface area (Å²) in [4.78, 5) is 11.7. The van der Waals surface area contributed by atoms with Gasteiger partial charge in [-0.15, -0.1) is 0 Å². The second-order valence-electron chi connectivity index (χ2n) is 8.26. The molecule has 180 valence electrons. The molecule has 1 aliphatic heterocycles. The highest BCUT2D eigenvalue weighted by Crippen LogP contribution is 2.43. The summed E-state index contributed by atoms with van der Waals surface area (Å²) in [7, 11) is 0. The summed E-state index contributed by atoms with van der Waals surface area (Å²) in [6, 6.07) is 4.33. The normalized spacial score (nSPS) is 12.9. The molecule has 0 radical (unpaired) electrons. The molecule has 0 saturated carbocycles. The van der Waals surface area contributed by atoms with E-state index in [2.05, 4.69) is 5.10 Å². The Morgan fingerprint density at radius 3 is 2.18 bits per heavy atom. The lowest BCUT2D eigenvalue weighted by molar-refractivity contribution is 0.0703. The molecule has 6 nitrogen and oxygen atoms in total. The fraction of sp³-hybridized carbons (Fsp3) is 0.273. The highest BCUT2D eigenvalue weighted by Gasteiger charge is 2.32. The maximum atomic E-state index is 14.3. The summed E-state index contributed by atoms with van der Waals surface area (Å²) in [5, 5.41) is 4.27. The van der Waals surface area contributed by atoms with Crippen LogP contribution >= 0.6 is 11.8 Å². The molecular weight excluding hydrogens is 483 g/mol. The number of nitrogens with zero attached hydrogens (tertiary/aromatic N) is 2. The van der Waals surface area contributed by atoms with Gasteiger partial charge in [0.25, 0.3) is 0 Å². The molecule has 3 aromatic rings. The largest absolute Gasteiger partial charge is 0.454 e. The zero-order valence-electron chi connectivity index (χ0n) is 18.3. The third-order valence-electron chi connectivity index (χ3n) is 4.77. The fourth-order valence-corrected chi connectivity index (χ4v) is 4.07. The predicted molar refractivity (Wildman–Crippen MR) is 110 cm³/mol. The summed E-state index contributed by atoms with van der Waals surface area (Å²) in [5.74, 6) is -10.8. The molecule has 34 heavy (non-hydrogen) atoms. The fourth-order valence-electron chi connectivity index (χ4n) is 3.10. The standard InChI is InChI=1S/C22H17F5N2O4S/c1-9-18(34-19-16(26)14(24)13(23)15(25)17(19)27)20(29(28-9)22(2,3)4)33-21(30)10-5-6-11-12(7-10)32-8-31-11/h5-7H,8H2,1-4H3. The third-order valence-corrected chi connectivity index (χ3v) is 6.01. The molecule has 0 unspecified atom stereocenters. The van der Waals surface area contributed by atoms with Crippen LogP contribution < -0.4 is 14.2 Å². The zero-order chi connectivity index (χ0) is 24.9. The first-order valence-electron chi connectivity index (χ1n) is 9.81. The number of halogens is 5. The zero-order valence-corrected chi connectivity index (χ0v) is 19.1. The molecule has 0 bridgehead atoms. The van der Waals surface area contributed by atoms with Gasteiger partial charge in [-0.1, -0.05) is 11.8 Å². The minimum Gasteiger partial charge on any atom is -0.454 e. The maximum Gasteiger partial charge on any atom is 0.345 e. The van der Waals surface area contributed by atoms with Gasteiger partial charge < -0.3 is 14.2 Å². The van der Waals surface area contributed by atoms with Crippen molar-refractivity contribution in [1.29, 1.82) is 0 Å². The van der Waals surface area contributed by atoms with Crippen LogP contribution in [0.1, 0.15) is 36.8 Å². The number of aryl methyl sites for hydroxylation is 1. The van der Waals surface area contributed by atoms with Crippen molar-refractivity contribution in [3.05, 3.63) is 58.5 Å². The van der Waals surface area contributed by atoms with Gasteiger partial charge in [-0.3, -0.25) is 0 Å². The number of fused-ring (bicyclic) bond motifs is 1. The first-order chi connectivity index (χ1) is 15.9. The Kier molecular flexibility index (Phi) is 5.96. The second-order valence-corrected chi connectivity index (χ2v) is 9.28. The predicted octanol–water partition coefficient (Wildman–Crippen LogP) is 5.74. The van der Waals surface area contributed by atoms with Crippen molar-refractivity contribution in [3.63, 3.8) is 0 Å². The molecule has 0 amide bonds. The Hall–Kier alpha value is -3.28. The van der Waals surface area contributed by atoms with Crippen LogP contribution in [0.5, 0.6) is 17.4 Å². The second kappa shape index (κ2) is 8.49. The van der Waals surface area contributed by atoms with Crippen LogP contribution in [0.4, 0.5) is 22.0 Å². The Morgan fingerprint density at radius 2 is 1.56 bits per heavy atom. The number of hydrogen-bond donors (Lipinski definition) is 0. The molecule has 0 aliphatic carbocycles. The van der Waals surface area contributed by atoms with Crippen LogP contribution in [0.2, 0.25) is 0 Å². The highest BCUT2D eigenvalue weighted by molar-refractivity contribution is 7.99. The monoisotopic (exact) mass is 500 g/mol. The van der Waals surface area contributed by atoms with E-state index in [1.165, 1.54) is 29.8 Å². The van der Waals surface area contributed by atoms with Gasteiger partial charge in [0.1, 0.15) is 0 Å². The lowest BCUT2D eigenvalue weighted by Crippen LogP contribution is -2.25. The van der Waals surface area contributed by atoms with Gasteiger partial charge in [0, 0.05) is 0 Å². The van der Waals surface area contributed by atoms with Crippen molar-refractivity contribution in [3.8, 4) is 17.4 Å². The summed E-state index contributed by atoms with van der Waals surface area (Å²) in [6.45, 7) is 6.62. The molecule has 0 atom stereocenters. The van der Waals surface area contributed by atoms with Crippen LogP contribution in [0.15, 0.2) is 28.0 Å². The van der Waals surface area contributed by atoms with Crippen LogP contribution in [-0.2, 0) is 5.54 Å². The Morgan fingerprint density at radius 1 is 0.971 bits per heavy atom. The van der Waals surface area contributed by atoms with Crippen molar-refractivity contribution in [2.24, 2.45) is 0 Å². The average Bonchev–Trinajstić information content (AvgIpc) is 3.37. The quantitative estimate of drug-likeness (QED) is 0.197. The minimum atomic E-state index is -2.27. The number of aromatic nitrogens is 2. The number of carbonyl (C=O) groups excluding carboxylic acids is 1. The van der Waals surface area contributed by atoms with Gasteiger partial charge in [-0.2, -0.15) is 5.10 Å². The first kappa shape index (κ1) is 23.9.